The molecule has 0 bridgehead atoms. The third-order valence-electron chi connectivity index (χ3n) is 2.41. The highest BCUT2D eigenvalue weighted by Gasteiger charge is 2.32. The molecule has 3 atom stereocenters. The van der Waals surface area contributed by atoms with Crippen molar-refractivity contribution in [1.82, 2.24) is 0 Å². The summed E-state index contributed by atoms with van der Waals surface area (Å²) >= 11 is 0. The number of carbonyl (C=O) groups is 1. The zero-order chi connectivity index (χ0) is 9.14. The molecule has 4 heteroatoms. The summed E-state index contributed by atoms with van der Waals surface area (Å²) in [5.74, 6) is -1.14. The van der Waals surface area contributed by atoms with Crippen LogP contribution < -0.4 is 0 Å². The van der Waals surface area contributed by atoms with Gasteiger partial charge in [0.2, 0.25) is 0 Å². The van der Waals surface area contributed by atoms with E-state index in [1.807, 2.05) is 0 Å². The van der Waals surface area contributed by atoms with Gasteiger partial charge in [-0.25, -0.2) is 0 Å². The average Bonchev–Trinajstić information content (AvgIpc) is 2.05. The van der Waals surface area contributed by atoms with E-state index >= 15 is 0 Å². The van der Waals surface area contributed by atoms with E-state index in [1.165, 1.54) is 7.11 Å². The predicted octanol–water partition coefficient (Wildman–Crippen LogP) is 0.247. The number of aliphatic hydroxyl groups excluding tert-OH is 1. The molecule has 0 radical (unpaired) electrons. The lowest BCUT2D eigenvalue weighted by molar-refractivity contribution is -0.147. The van der Waals surface area contributed by atoms with Crippen LogP contribution in [0.15, 0.2) is 0 Å². The van der Waals surface area contributed by atoms with Crippen LogP contribution in [0.5, 0.6) is 0 Å². The summed E-state index contributed by atoms with van der Waals surface area (Å²) in [4.78, 5) is 10.6. The molecule has 0 aromatic heterocycles. The summed E-state index contributed by atoms with van der Waals surface area (Å²) in [6.45, 7) is 0. The van der Waals surface area contributed by atoms with Crippen LogP contribution in [-0.4, -0.2) is 35.5 Å². The Kier molecular flexibility index (Phi) is 3.05. The Bertz CT molecular complexity index is 168. The van der Waals surface area contributed by atoms with Crippen molar-refractivity contribution in [3.63, 3.8) is 0 Å². The Labute approximate surface area is 71.2 Å². The number of rotatable bonds is 2. The normalized spacial score (nSPS) is 36.3. The third kappa shape index (κ3) is 1.95. The molecule has 0 saturated heterocycles. The van der Waals surface area contributed by atoms with Crippen molar-refractivity contribution in [3.8, 4) is 0 Å². The van der Waals surface area contributed by atoms with Crippen LogP contribution in [-0.2, 0) is 9.53 Å². The van der Waals surface area contributed by atoms with Crippen molar-refractivity contribution in [2.24, 2.45) is 5.92 Å². The number of aliphatic hydroxyl groups is 1. The quantitative estimate of drug-likeness (QED) is 0.629. The van der Waals surface area contributed by atoms with Gasteiger partial charge in [0.15, 0.2) is 0 Å². The first-order chi connectivity index (χ1) is 5.65. The van der Waals surface area contributed by atoms with Crippen molar-refractivity contribution >= 4 is 5.97 Å². The maximum atomic E-state index is 10.6. The molecule has 1 fully saturated rings. The molecule has 0 spiro atoms. The van der Waals surface area contributed by atoms with E-state index in [-0.39, 0.29) is 12.0 Å². The van der Waals surface area contributed by atoms with Gasteiger partial charge in [0, 0.05) is 7.11 Å². The first kappa shape index (κ1) is 9.48. The van der Waals surface area contributed by atoms with E-state index in [4.69, 9.17) is 9.84 Å². The molecule has 12 heavy (non-hydrogen) atoms. The Balaban J connectivity index is 2.49. The zero-order valence-corrected chi connectivity index (χ0v) is 7.06. The van der Waals surface area contributed by atoms with Crippen molar-refractivity contribution < 1.29 is 19.7 Å². The van der Waals surface area contributed by atoms with Crippen LogP contribution >= 0.6 is 0 Å². The molecule has 1 rings (SSSR count). The lowest BCUT2D eigenvalue weighted by Crippen LogP contribution is -2.37. The number of ether oxygens (including phenoxy) is 1. The summed E-state index contributed by atoms with van der Waals surface area (Å²) in [7, 11) is 1.50. The van der Waals surface area contributed by atoms with Crippen molar-refractivity contribution in [1.29, 1.82) is 0 Å². The highest BCUT2D eigenvalue weighted by Crippen LogP contribution is 2.26. The van der Waals surface area contributed by atoms with E-state index in [0.29, 0.717) is 19.3 Å². The van der Waals surface area contributed by atoms with Gasteiger partial charge in [-0.3, -0.25) is 4.79 Å². The SMILES string of the molecule is COC1CC(C(=O)O)CCC1O. The second kappa shape index (κ2) is 3.87. The number of carboxylic acid groups (broad SMARTS) is 1. The Morgan fingerprint density at radius 1 is 1.50 bits per heavy atom. The summed E-state index contributed by atoms with van der Waals surface area (Å²) in [6, 6.07) is 0. The molecule has 1 aliphatic carbocycles. The minimum atomic E-state index is -0.788. The van der Waals surface area contributed by atoms with E-state index in [0.717, 1.165) is 0 Å². The van der Waals surface area contributed by atoms with E-state index < -0.39 is 12.1 Å². The second-order valence-electron chi connectivity index (χ2n) is 3.19. The summed E-state index contributed by atoms with van der Waals surface area (Å²) in [5.41, 5.74) is 0. The fourth-order valence-corrected chi connectivity index (χ4v) is 1.59. The molecular formula is C8H14O4. The fraction of sp³-hybridized carbons (Fsp3) is 0.875. The molecule has 0 heterocycles. The van der Waals surface area contributed by atoms with E-state index in [1.54, 1.807) is 0 Å². The van der Waals surface area contributed by atoms with E-state index in [9.17, 15) is 9.90 Å². The summed E-state index contributed by atoms with van der Waals surface area (Å²) in [5, 5.41) is 18.1. The smallest absolute Gasteiger partial charge is 0.306 e. The second-order valence-corrected chi connectivity index (χ2v) is 3.19. The number of aliphatic carboxylic acids is 1. The Morgan fingerprint density at radius 2 is 2.17 bits per heavy atom. The molecule has 0 aromatic rings. The predicted molar refractivity (Wildman–Crippen MR) is 41.8 cm³/mol. The highest BCUT2D eigenvalue weighted by molar-refractivity contribution is 5.70. The molecule has 70 valence electrons. The van der Waals surface area contributed by atoms with Crippen molar-refractivity contribution in [3.05, 3.63) is 0 Å². The van der Waals surface area contributed by atoms with Gasteiger partial charge in [0.05, 0.1) is 18.1 Å². The van der Waals surface area contributed by atoms with E-state index in [2.05, 4.69) is 0 Å². The third-order valence-corrected chi connectivity index (χ3v) is 2.41. The van der Waals surface area contributed by atoms with Gasteiger partial charge in [-0.15, -0.1) is 0 Å². The molecular weight excluding hydrogens is 160 g/mol. The number of hydrogen-bond donors (Lipinski definition) is 2. The minimum absolute atomic E-state index is 0.306. The van der Waals surface area contributed by atoms with Crippen molar-refractivity contribution in [2.45, 2.75) is 31.5 Å². The Hall–Kier alpha value is -0.610. The first-order valence-electron chi connectivity index (χ1n) is 4.08. The molecule has 4 nitrogen and oxygen atoms in total. The molecule has 0 aromatic carbocycles. The lowest BCUT2D eigenvalue weighted by atomic mass is 9.85. The maximum absolute atomic E-state index is 10.6. The molecule has 0 amide bonds. The van der Waals surface area contributed by atoms with Crippen LogP contribution in [0.25, 0.3) is 0 Å². The van der Waals surface area contributed by atoms with Gasteiger partial charge < -0.3 is 14.9 Å². The largest absolute Gasteiger partial charge is 0.481 e. The summed E-state index contributed by atoms with van der Waals surface area (Å²) in [6.07, 6.45) is 0.698. The van der Waals surface area contributed by atoms with Crippen LogP contribution in [0.4, 0.5) is 0 Å². The molecule has 1 saturated carbocycles. The van der Waals surface area contributed by atoms with Crippen molar-refractivity contribution in [2.75, 3.05) is 7.11 Å². The van der Waals surface area contributed by atoms with Crippen LogP contribution in [0.1, 0.15) is 19.3 Å². The van der Waals surface area contributed by atoms with Gasteiger partial charge in [-0.1, -0.05) is 0 Å². The molecule has 2 N–H and O–H groups in total. The zero-order valence-electron chi connectivity index (χ0n) is 7.06. The monoisotopic (exact) mass is 174 g/mol. The van der Waals surface area contributed by atoms with Gasteiger partial charge in [0.1, 0.15) is 0 Å². The average molecular weight is 174 g/mol. The topological polar surface area (TPSA) is 66.8 Å². The number of hydrogen-bond acceptors (Lipinski definition) is 3. The molecule has 3 unspecified atom stereocenters. The number of carboxylic acids is 1. The van der Waals surface area contributed by atoms with Gasteiger partial charge in [0.25, 0.3) is 0 Å². The van der Waals surface area contributed by atoms with Crippen LogP contribution in [0, 0.1) is 5.92 Å². The molecule has 1 aliphatic rings. The van der Waals surface area contributed by atoms with Gasteiger partial charge in [-0.2, -0.15) is 0 Å². The van der Waals surface area contributed by atoms with Crippen LogP contribution in [0.2, 0.25) is 0 Å². The Morgan fingerprint density at radius 3 is 2.67 bits per heavy atom. The lowest BCUT2D eigenvalue weighted by Gasteiger charge is -2.29. The highest BCUT2D eigenvalue weighted by atomic mass is 16.5. The van der Waals surface area contributed by atoms with Gasteiger partial charge in [-0.05, 0) is 19.3 Å². The van der Waals surface area contributed by atoms with Crippen LogP contribution in [0.3, 0.4) is 0 Å². The summed E-state index contributed by atoms with van der Waals surface area (Å²) < 4.78 is 4.97. The minimum Gasteiger partial charge on any atom is -0.481 e. The van der Waals surface area contributed by atoms with Gasteiger partial charge >= 0.3 is 5.97 Å². The standard InChI is InChI=1S/C8H14O4/c1-12-7-4-5(8(10)11)2-3-6(7)9/h5-7,9H,2-4H2,1H3,(H,10,11). The first-order valence-corrected chi connectivity index (χ1v) is 4.08. The number of methoxy groups -OCH3 is 1. The fourth-order valence-electron chi connectivity index (χ4n) is 1.59. The maximum Gasteiger partial charge on any atom is 0.306 e. The molecule has 0 aliphatic heterocycles.